The number of carbonyl (C=O) groups excluding carboxylic acids is 1. The van der Waals surface area contributed by atoms with Gasteiger partial charge in [-0.1, -0.05) is 53.4 Å². The first kappa shape index (κ1) is 17.5. The summed E-state index contributed by atoms with van der Waals surface area (Å²) in [4.78, 5) is 14.7. The molecule has 0 spiro atoms. The van der Waals surface area contributed by atoms with Gasteiger partial charge in [0.1, 0.15) is 0 Å². The maximum Gasteiger partial charge on any atom is 0.241 e. The number of nitrogens with one attached hydrogen (secondary N) is 1. The van der Waals surface area contributed by atoms with E-state index in [0.717, 1.165) is 19.3 Å². The van der Waals surface area contributed by atoms with Crippen molar-refractivity contribution in [3.05, 3.63) is 0 Å². The molecule has 3 unspecified atom stereocenters. The molecule has 0 aromatic rings. The van der Waals surface area contributed by atoms with Crippen LogP contribution in [-0.4, -0.2) is 29.1 Å². The summed E-state index contributed by atoms with van der Waals surface area (Å²) in [6.07, 6.45) is 8.45. The third kappa shape index (κ3) is 4.76. The van der Waals surface area contributed by atoms with Crippen molar-refractivity contribution in [3.8, 4) is 0 Å². The first-order valence-electron chi connectivity index (χ1n) is 8.59. The second kappa shape index (κ2) is 8.66. The van der Waals surface area contributed by atoms with Crippen molar-refractivity contribution in [2.45, 2.75) is 97.8 Å². The van der Waals surface area contributed by atoms with Crippen molar-refractivity contribution in [1.29, 1.82) is 0 Å². The van der Waals surface area contributed by atoms with E-state index in [0.29, 0.717) is 17.9 Å². The summed E-state index contributed by atoms with van der Waals surface area (Å²) >= 11 is 0. The molecule has 0 aromatic heterocycles. The zero-order chi connectivity index (χ0) is 15.1. The van der Waals surface area contributed by atoms with Gasteiger partial charge in [-0.25, -0.2) is 0 Å². The molecule has 1 heterocycles. The van der Waals surface area contributed by atoms with Crippen LogP contribution >= 0.6 is 0 Å². The lowest BCUT2D eigenvalue weighted by atomic mass is 10.0. The summed E-state index contributed by atoms with van der Waals surface area (Å²) in [7, 11) is 0. The molecule has 118 valence electrons. The third-order valence-electron chi connectivity index (χ3n) is 4.34. The minimum atomic E-state index is 0.0387. The Morgan fingerprint density at radius 3 is 2.40 bits per heavy atom. The van der Waals surface area contributed by atoms with Crippen LogP contribution in [0.3, 0.4) is 0 Å². The van der Waals surface area contributed by atoms with Gasteiger partial charge >= 0.3 is 0 Å². The Labute approximate surface area is 125 Å². The molecule has 20 heavy (non-hydrogen) atoms. The molecule has 0 bridgehead atoms. The highest BCUT2D eigenvalue weighted by Gasteiger charge is 2.39. The van der Waals surface area contributed by atoms with Crippen LogP contribution in [0, 0.1) is 5.92 Å². The molecule has 3 atom stereocenters. The molecule has 1 saturated heterocycles. The van der Waals surface area contributed by atoms with Gasteiger partial charge in [-0.2, -0.15) is 0 Å². The van der Waals surface area contributed by atoms with E-state index in [-0.39, 0.29) is 12.2 Å². The van der Waals surface area contributed by atoms with Gasteiger partial charge in [0, 0.05) is 6.04 Å². The zero-order valence-corrected chi connectivity index (χ0v) is 14.1. The predicted octanol–water partition coefficient (Wildman–Crippen LogP) is 3.93. The van der Waals surface area contributed by atoms with E-state index in [9.17, 15) is 4.79 Å². The predicted molar refractivity (Wildman–Crippen MR) is 85.5 cm³/mol. The standard InChI is InChI=1S/C17H34N2O/c1-6-8-9-10-11-14(5)19-16(12-13(3)4)18-15(7-2)17(19)20/h13-16,18H,6-12H2,1-5H3. The van der Waals surface area contributed by atoms with E-state index in [1.165, 1.54) is 25.7 Å². The smallest absolute Gasteiger partial charge is 0.241 e. The second-order valence-corrected chi connectivity index (χ2v) is 6.72. The molecule has 3 heteroatoms. The topological polar surface area (TPSA) is 32.3 Å². The van der Waals surface area contributed by atoms with Crippen molar-refractivity contribution in [3.63, 3.8) is 0 Å². The molecule has 0 aromatic carbocycles. The monoisotopic (exact) mass is 282 g/mol. The van der Waals surface area contributed by atoms with Crippen LogP contribution in [0.4, 0.5) is 0 Å². The summed E-state index contributed by atoms with van der Waals surface area (Å²) in [6.45, 7) is 11.0. The number of hydrogen-bond acceptors (Lipinski definition) is 2. The van der Waals surface area contributed by atoms with Gasteiger partial charge in [-0.15, -0.1) is 0 Å². The van der Waals surface area contributed by atoms with Gasteiger partial charge in [-0.3, -0.25) is 10.1 Å². The van der Waals surface area contributed by atoms with Crippen LogP contribution in [0.15, 0.2) is 0 Å². The van der Waals surface area contributed by atoms with E-state index in [2.05, 4.69) is 44.8 Å². The Morgan fingerprint density at radius 2 is 1.85 bits per heavy atom. The Kier molecular flexibility index (Phi) is 7.57. The van der Waals surface area contributed by atoms with Gasteiger partial charge in [0.15, 0.2) is 0 Å². The van der Waals surface area contributed by atoms with E-state index < -0.39 is 0 Å². The SMILES string of the molecule is CCCCCCC(C)N1C(=O)C(CC)NC1CC(C)C. The van der Waals surface area contributed by atoms with Crippen molar-refractivity contribution in [1.82, 2.24) is 10.2 Å². The molecule has 1 N–H and O–H groups in total. The van der Waals surface area contributed by atoms with Gasteiger partial charge in [0.2, 0.25) is 5.91 Å². The van der Waals surface area contributed by atoms with Gasteiger partial charge in [-0.05, 0) is 32.1 Å². The lowest BCUT2D eigenvalue weighted by Gasteiger charge is -2.31. The summed E-state index contributed by atoms with van der Waals surface area (Å²) in [6, 6.07) is 0.406. The Bertz CT molecular complexity index is 291. The number of amides is 1. The molecular formula is C17H34N2O. The van der Waals surface area contributed by atoms with Crippen LogP contribution in [0.1, 0.15) is 79.6 Å². The number of rotatable bonds is 9. The van der Waals surface area contributed by atoms with E-state index in [4.69, 9.17) is 0 Å². The third-order valence-corrected chi connectivity index (χ3v) is 4.34. The van der Waals surface area contributed by atoms with Crippen molar-refractivity contribution in [2.75, 3.05) is 0 Å². The summed E-state index contributed by atoms with van der Waals surface area (Å²) in [5, 5.41) is 3.53. The molecule has 0 aliphatic carbocycles. The average Bonchev–Trinajstić information content (AvgIpc) is 2.70. The fraction of sp³-hybridized carbons (Fsp3) is 0.941. The summed E-state index contributed by atoms with van der Waals surface area (Å²) < 4.78 is 0. The number of hydrogen-bond donors (Lipinski definition) is 1. The van der Waals surface area contributed by atoms with Gasteiger partial charge < -0.3 is 4.90 Å². The highest BCUT2D eigenvalue weighted by molar-refractivity contribution is 5.84. The summed E-state index contributed by atoms with van der Waals surface area (Å²) in [5.74, 6) is 0.937. The molecular weight excluding hydrogens is 248 g/mol. The lowest BCUT2D eigenvalue weighted by molar-refractivity contribution is -0.132. The molecule has 1 rings (SSSR count). The first-order valence-corrected chi connectivity index (χ1v) is 8.59. The molecule has 1 aliphatic heterocycles. The number of carbonyl (C=O) groups is 1. The molecule has 0 saturated carbocycles. The van der Waals surface area contributed by atoms with E-state index in [1.807, 2.05) is 0 Å². The lowest BCUT2D eigenvalue weighted by Crippen LogP contribution is -2.44. The average molecular weight is 282 g/mol. The second-order valence-electron chi connectivity index (χ2n) is 6.72. The van der Waals surface area contributed by atoms with Crippen LogP contribution in [0.5, 0.6) is 0 Å². The van der Waals surface area contributed by atoms with Gasteiger partial charge in [0.05, 0.1) is 12.2 Å². The van der Waals surface area contributed by atoms with Crippen molar-refractivity contribution >= 4 is 5.91 Å². The fourth-order valence-corrected chi connectivity index (χ4v) is 3.17. The van der Waals surface area contributed by atoms with Crippen LogP contribution < -0.4 is 5.32 Å². The van der Waals surface area contributed by atoms with E-state index >= 15 is 0 Å². The Balaban J connectivity index is 2.58. The minimum Gasteiger partial charge on any atom is -0.323 e. The molecule has 1 fully saturated rings. The zero-order valence-electron chi connectivity index (χ0n) is 14.1. The Hall–Kier alpha value is -0.570. The molecule has 1 amide bonds. The number of nitrogens with zero attached hydrogens (tertiary/aromatic N) is 1. The first-order chi connectivity index (χ1) is 9.51. The van der Waals surface area contributed by atoms with Crippen LogP contribution in [-0.2, 0) is 4.79 Å². The summed E-state index contributed by atoms with van der Waals surface area (Å²) in [5.41, 5.74) is 0. The van der Waals surface area contributed by atoms with Crippen molar-refractivity contribution < 1.29 is 4.79 Å². The van der Waals surface area contributed by atoms with Crippen molar-refractivity contribution in [2.24, 2.45) is 5.92 Å². The van der Waals surface area contributed by atoms with Crippen LogP contribution in [0.2, 0.25) is 0 Å². The van der Waals surface area contributed by atoms with E-state index in [1.54, 1.807) is 0 Å². The maximum absolute atomic E-state index is 12.5. The highest BCUT2D eigenvalue weighted by atomic mass is 16.2. The minimum absolute atomic E-state index is 0.0387. The van der Waals surface area contributed by atoms with Gasteiger partial charge in [0.25, 0.3) is 0 Å². The number of unbranched alkanes of at least 4 members (excludes halogenated alkanes) is 3. The highest BCUT2D eigenvalue weighted by Crippen LogP contribution is 2.24. The molecule has 1 aliphatic rings. The van der Waals surface area contributed by atoms with Crippen LogP contribution in [0.25, 0.3) is 0 Å². The molecule has 0 radical (unpaired) electrons. The normalized spacial score (nSPS) is 24.7. The fourth-order valence-electron chi connectivity index (χ4n) is 3.17. The molecule has 3 nitrogen and oxygen atoms in total. The quantitative estimate of drug-likeness (QED) is 0.650. The Morgan fingerprint density at radius 1 is 1.15 bits per heavy atom. The largest absolute Gasteiger partial charge is 0.323 e. The maximum atomic E-state index is 12.5.